The second-order valence-corrected chi connectivity index (χ2v) is 4.74. The number of aliphatic hydroxyl groups excluding tert-OH is 2. The van der Waals surface area contributed by atoms with Crippen molar-refractivity contribution in [3.8, 4) is 0 Å². The van der Waals surface area contributed by atoms with Gasteiger partial charge in [0.25, 0.3) is 0 Å². The van der Waals surface area contributed by atoms with E-state index in [9.17, 15) is 5.11 Å². The van der Waals surface area contributed by atoms with Crippen molar-refractivity contribution in [3.05, 3.63) is 0 Å². The lowest BCUT2D eigenvalue weighted by atomic mass is 10.3. The van der Waals surface area contributed by atoms with Gasteiger partial charge in [-0.2, -0.15) is 0 Å². The van der Waals surface area contributed by atoms with Gasteiger partial charge in [0.05, 0.1) is 12.7 Å². The summed E-state index contributed by atoms with van der Waals surface area (Å²) in [7, 11) is 8.14. The Bertz CT molecular complexity index is 153. The molecule has 0 amide bonds. The average Bonchev–Trinajstić information content (AvgIpc) is 2.21. The van der Waals surface area contributed by atoms with Crippen molar-refractivity contribution in [3.63, 3.8) is 0 Å². The molecule has 0 heterocycles. The summed E-state index contributed by atoms with van der Waals surface area (Å²) in [6, 6.07) is 0. The summed E-state index contributed by atoms with van der Waals surface area (Å²) in [6.45, 7) is 4.13. The monoisotopic (exact) mass is 233 g/mol. The van der Waals surface area contributed by atoms with E-state index in [1.54, 1.807) is 0 Å². The molecular formula is C11H27N3O2. The van der Waals surface area contributed by atoms with Crippen LogP contribution in [0.25, 0.3) is 0 Å². The Morgan fingerprint density at radius 1 is 0.875 bits per heavy atom. The molecule has 98 valence electrons. The lowest BCUT2D eigenvalue weighted by molar-refractivity contribution is 0.0553. The molecule has 1 unspecified atom stereocenters. The molecule has 0 aliphatic carbocycles. The van der Waals surface area contributed by atoms with Crippen LogP contribution >= 0.6 is 0 Å². The Labute approximate surface area is 99.3 Å². The summed E-state index contributed by atoms with van der Waals surface area (Å²) in [5, 5.41) is 18.3. The number of rotatable bonds is 9. The number of aliphatic hydroxyl groups is 2. The summed E-state index contributed by atoms with van der Waals surface area (Å²) < 4.78 is 0. The topological polar surface area (TPSA) is 50.2 Å². The van der Waals surface area contributed by atoms with Gasteiger partial charge in [-0.15, -0.1) is 0 Å². The molecule has 0 spiro atoms. The quantitative estimate of drug-likeness (QED) is 0.522. The second-order valence-electron chi connectivity index (χ2n) is 4.74. The molecule has 0 aromatic heterocycles. The van der Waals surface area contributed by atoms with Crippen molar-refractivity contribution in [2.45, 2.75) is 6.10 Å². The first kappa shape index (κ1) is 15.8. The van der Waals surface area contributed by atoms with Crippen molar-refractivity contribution in [2.75, 3.05) is 67.5 Å². The van der Waals surface area contributed by atoms with Crippen LogP contribution in [-0.4, -0.2) is 98.5 Å². The maximum absolute atomic E-state index is 9.44. The molecule has 0 aromatic rings. The van der Waals surface area contributed by atoms with E-state index in [0.29, 0.717) is 6.54 Å². The van der Waals surface area contributed by atoms with Gasteiger partial charge >= 0.3 is 0 Å². The maximum atomic E-state index is 9.44. The fourth-order valence-corrected chi connectivity index (χ4v) is 1.33. The average molecular weight is 233 g/mol. The Morgan fingerprint density at radius 3 is 1.62 bits per heavy atom. The molecule has 0 fully saturated rings. The molecule has 0 radical (unpaired) electrons. The van der Waals surface area contributed by atoms with Gasteiger partial charge in [-0.1, -0.05) is 0 Å². The molecule has 5 nitrogen and oxygen atoms in total. The first-order chi connectivity index (χ1) is 7.45. The van der Waals surface area contributed by atoms with Crippen LogP contribution in [0.2, 0.25) is 0 Å². The van der Waals surface area contributed by atoms with Crippen LogP contribution in [0.3, 0.4) is 0 Å². The standard InChI is InChI=1S/C11H27N3O2/c1-12(2)5-7-14(8-6-13(3)4)9-11(16)10-15/h11,15-16H,5-10H2,1-4H3. The third-order valence-electron chi connectivity index (χ3n) is 2.41. The number of likely N-dealkylation sites (N-methyl/N-ethyl adjacent to an activating group) is 2. The van der Waals surface area contributed by atoms with E-state index in [0.717, 1.165) is 26.2 Å². The number of hydrogen-bond donors (Lipinski definition) is 2. The van der Waals surface area contributed by atoms with Gasteiger partial charge < -0.3 is 20.0 Å². The van der Waals surface area contributed by atoms with Crippen LogP contribution in [0.4, 0.5) is 0 Å². The van der Waals surface area contributed by atoms with Crippen molar-refractivity contribution >= 4 is 0 Å². The SMILES string of the molecule is CN(C)CCN(CCN(C)C)CC(O)CO. The fourth-order valence-electron chi connectivity index (χ4n) is 1.33. The van der Waals surface area contributed by atoms with Crippen LogP contribution in [0.15, 0.2) is 0 Å². The van der Waals surface area contributed by atoms with E-state index in [2.05, 4.69) is 14.7 Å². The molecule has 5 heteroatoms. The third-order valence-corrected chi connectivity index (χ3v) is 2.41. The minimum Gasteiger partial charge on any atom is -0.394 e. The molecule has 0 bridgehead atoms. The molecule has 1 atom stereocenters. The number of nitrogens with zero attached hydrogens (tertiary/aromatic N) is 3. The molecule has 2 N–H and O–H groups in total. The minimum atomic E-state index is -0.635. The second kappa shape index (κ2) is 8.90. The summed E-state index contributed by atoms with van der Waals surface area (Å²) in [6.07, 6.45) is -0.635. The van der Waals surface area contributed by atoms with Crippen LogP contribution in [0.5, 0.6) is 0 Å². The molecule has 0 saturated carbocycles. The van der Waals surface area contributed by atoms with Crippen LogP contribution in [-0.2, 0) is 0 Å². The normalized spacial score (nSPS) is 14.1. The van der Waals surface area contributed by atoms with Gasteiger partial charge in [0.1, 0.15) is 0 Å². The van der Waals surface area contributed by atoms with E-state index in [1.807, 2.05) is 28.2 Å². The minimum absolute atomic E-state index is 0.166. The van der Waals surface area contributed by atoms with Crippen molar-refractivity contribution < 1.29 is 10.2 Å². The van der Waals surface area contributed by atoms with Gasteiger partial charge in [-0.25, -0.2) is 0 Å². The zero-order valence-electron chi connectivity index (χ0n) is 11.1. The van der Waals surface area contributed by atoms with E-state index in [-0.39, 0.29) is 6.61 Å². The molecule has 0 aromatic carbocycles. The highest BCUT2D eigenvalue weighted by Gasteiger charge is 2.11. The first-order valence-corrected chi connectivity index (χ1v) is 5.76. The lowest BCUT2D eigenvalue weighted by Gasteiger charge is -2.27. The van der Waals surface area contributed by atoms with Gasteiger partial charge in [0, 0.05) is 32.7 Å². The van der Waals surface area contributed by atoms with Crippen LogP contribution in [0.1, 0.15) is 0 Å². The molecule has 0 rings (SSSR count). The van der Waals surface area contributed by atoms with Crippen molar-refractivity contribution in [2.24, 2.45) is 0 Å². The summed E-state index contributed by atoms with van der Waals surface area (Å²) in [5.41, 5.74) is 0. The van der Waals surface area contributed by atoms with E-state index in [4.69, 9.17) is 5.11 Å². The smallest absolute Gasteiger partial charge is 0.0897 e. The fraction of sp³-hybridized carbons (Fsp3) is 1.00. The predicted octanol–water partition coefficient (Wildman–Crippen LogP) is -1.24. The van der Waals surface area contributed by atoms with Gasteiger partial charge in [-0.05, 0) is 28.2 Å². The van der Waals surface area contributed by atoms with Crippen molar-refractivity contribution in [1.29, 1.82) is 0 Å². The predicted molar refractivity (Wildman–Crippen MR) is 66.6 cm³/mol. The Balaban J connectivity index is 3.94. The molecular weight excluding hydrogens is 206 g/mol. The summed E-state index contributed by atoms with van der Waals surface area (Å²) >= 11 is 0. The highest BCUT2D eigenvalue weighted by atomic mass is 16.3. The zero-order chi connectivity index (χ0) is 12.6. The highest BCUT2D eigenvalue weighted by molar-refractivity contribution is 4.66. The maximum Gasteiger partial charge on any atom is 0.0897 e. The zero-order valence-corrected chi connectivity index (χ0v) is 11.1. The van der Waals surface area contributed by atoms with Crippen LogP contribution in [0, 0.1) is 0 Å². The van der Waals surface area contributed by atoms with Crippen molar-refractivity contribution in [1.82, 2.24) is 14.7 Å². The van der Waals surface area contributed by atoms with Gasteiger partial charge in [0.2, 0.25) is 0 Å². The summed E-state index contributed by atoms with van der Waals surface area (Å²) in [5.74, 6) is 0. The van der Waals surface area contributed by atoms with E-state index >= 15 is 0 Å². The Hall–Kier alpha value is -0.200. The molecule has 0 saturated heterocycles. The summed E-state index contributed by atoms with van der Waals surface area (Å²) in [4.78, 5) is 6.42. The number of hydrogen-bond acceptors (Lipinski definition) is 5. The lowest BCUT2D eigenvalue weighted by Crippen LogP contribution is -2.41. The van der Waals surface area contributed by atoms with E-state index in [1.165, 1.54) is 0 Å². The third kappa shape index (κ3) is 9.06. The molecule has 0 aliphatic rings. The molecule has 16 heavy (non-hydrogen) atoms. The molecule has 0 aliphatic heterocycles. The van der Waals surface area contributed by atoms with Gasteiger partial charge in [0.15, 0.2) is 0 Å². The van der Waals surface area contributed by atoms with E-state index < -0.39 is 6.10 Å². The first-order valence-electron chi connectivity index (χ1n) is 5.76. The highest BCUT2D eigenvalue weighted by Crippen LogP contribution is 1.94. The largest absolute Gasteiger partial charge is 0.394 e. The van der Waals surface area contributed by atoms with Gasteiger partial charge in [-0.3, -0.25) is 4.90 Å². The Kier molecular flexibility index (Phi) is 8.78. The Morgan fingerprint density at radius 2 is 1.31 bits per heavy atom. The van der Waals surface area contributed by atoms with Crippen LogP contribution < -0.4 is 0 Å².